The van der Waals surface area contributed by atoms with Crippen molar-refractivity contribution in [2.24, 2.45) is 0 Å². The molecule has 1 aliphatic carbocycles. The Labute approximate surface area is 126 Å². The van der Waals surface area contributed by atoms with Gasteiger partial charge in [0.1, 0.15) is 13.2 Å². The normalized spacial score (nSPS) is 17.3. The minimum Gasteiger partial charge on any atom is -0.486 e. The van der Waals surface area contributed by atoms with Crippen LogP contribution in [-0.2, 0) is 10.0 Å². The summed E-state index contributed by atoms with van der Waals surface area (Å²) < 4.78 is 42.8. The molecule has 0 saturated heterocycles. The molecule has 0 unspecified atom stereocenters. The van der Waals surface area contributed by atoms with Crippen LogP contribution in [0.4, 0.5) is 5.95 Å². The average Bonchev–Trinajstić information content (AvgIpc) is 3.27. The molecule has 4 rings (SSSR count). The largest absolute Gasteiger partial charge is 0.486 e. The molecule has 1 aromatic carbocycles. The number of fused-ring (bicyclic) bond motifs is 1. The highest BCUT2D eigenvalue weighted by atomic mass is 32.2. The first-order valence-corrected chi connectivity index (χ1v) is 8.36. The van der Waals surface area contributed by atoms with Gasteiger partial charge in [0.2, 0.25) is 5.89 Å². The maximum Gasteiger partial charge on any atom is 0.277 e. The number of sulfonamides is 1. The lowest BCUT2D eigenvalue weighted by Gasteiger charge is -2.18. The van der Waals surface area contributed by atoms with Gasteiger partial charge < -0.3 is 14.0 Å². The van der Waals surface area contributed by atoms with E-state index in [1.165, 1.54) is 12.1 Å². The topological polar surface area (TPSA) is 104 Å². The van der Waals surface area contributed by atoms with E-state index in [2.05, 4.69) is 14.9 Å². The molecule has 116 valence electrons. The Balaban J connectivity index is 1.59. The molecule has 0 bridgehead atoms. The van der Waals surface area contributed by atoms with Crippen LogP contribution in [0.25, 0.3) is 0 Å². The van der Waals surface area contributed by atoms with Gasteiger partial charge in [-0.2, -0.15) is 4.98 Å². The van der Waals surface area contributed by atoms with E-state index < -0.39 is 10.0 Å². The van der Waals surface area contributed by atoms with Gasteiger partial charge in [0.05, 0.1) is 4.90 Å². The van der Waals surface area contributed by atoms with Crippen molar-refractivity contribution in [2.45, 2.75) is 23.7 Å². The number of hydrogen-bond acceptors (Lipinski definition) is 7. The summed E-state index contributed by atoms with van der Waals surface area (Å²) in [7, 11) is -3.81. The second-order valence-electron chi connectivity index (χ2n) is 5.14. The number of ether oxygens (including phenoxy) is 2. The first-order valence-electron chi connectivity index (χ1n) is 6.88. The van der Waals surface area contributed by atoms with E-state index in [0.717, 1.165) is 12.8 Å². The maximum absolute atomic E-state index is 12.4. The van der Waals surface area contributed by atoms with Gasteiger partial charge in [-0.15, -0.1) is 0 Å². The fourth-order valence-electron chi connectivity index (χ4n) is 2.14. The van der Waals surface area contributed by atoms with Crippen LogP contribution in [0.1, 0.15) is 24.7 Å². The predicted octanol–water partition coefficient (Wildman–Crippen LogP) is 1.52. The minimum atomic E-state index is -3.81. The first-order chi connectivity index (χ1) is 10.6. The van der Waals surface area contributed by atoms with Gasteiger partial charge in [0, 0.05) is 12.0 Å². The molecule has 0 atom stereocenters. The third-order valence-electron chi connectivity index (χ3n) is 3.42. The Morgan fingerprint density at radius 2 is 1.91 bits per heavy atom. The second kappa shape index (κ2) is 4.87. The lowest BCUT2D eigenvalue weighted by Crippen LogP contribution is -2.17. The molecule has 1 aliphatic heterocycles. The van der Waals surface area contributed by atoms with Crippen LogP contribution in [0.2, 0.25) is 0 Å². The highest BCUT2D eigenvalue weighted by Crippen LogP contribution is 2.39. The van der Waals surface area contributed by atoms with Gasteiger partial charge in [-0.05, 0) is 30.1 Å². The minimum absolute atomic E-state index is 0.0505. The zero-order valence-corrected chi connectivity index (χ0v) is 12.3. The van der Waals surface area contributed by atoms with Crippen LogP contribution in [0.3, 0.4) is 0 Å². The second-order valence-corrected chi connectivity index (χ2v) is 6.82. The Morgan fingerprint density at radius 1 is 1.14 bits per heavy atom. The van der Waals surface area contributed by atoms with E-state index in [-0.39, 0.29) is 16.8 Å². The van der Waals surface area contributed by atoms with E-state index in [9.17, 15) is 8.42 Å². The molecule has 2 heterocycles. The van der Waals surface area contributed by atoms with Crippen LogP contribution < -0.4 is 14.2 Å². The van der Waals surface area contributed by atoms with Crippen LogP contribution in [0.5, 0.6) is 11.5 Å². The lowest BCUT2D eigenvalue weighted by molar-refractivity contribution is 0.171. The van der Waals surface area contributed by atoms with E-state index in [1.807, 2.05) is 0 Å². The zero-order chi connectivity index (χ0) is 15.2. The van der Waals surface area contributed by atoms with Crippen LogP contribution in [0, 0.1) is 0 Å². The van der Waals surface area contributed by atoms with Crippen molar-refractivity contribution in [1.29, 1.82) is 0 Å². The van der Waals surface area contributed by atoms with Gasteiger partial charge in [-0.3, -0.25) is 0 Å². The predicted molar refractivity (Wildman–Crippen MR) is 74.5 cm³/mol. The molecular weight excluding hydrogens is 310 g/mol. The number of hydrogen-bond donors (Lipinski definition) is 1. The molecule has 2 aliphatic rings. The highest BCUT2D eigenvalue weighted by Gasteiger charge is 2.30. The average molecular weight is 323 g/mol. The molecule has 2 aromatic rings. The molecule has 0 radical (unpaired) electrons. The van der Waals surface area contributed by atoms with Crippen molar-refractivity contribution in [3.8, 4) is 11.5 Å². The number of nitrogens with zero attached hydrogens (tertiary/aromatic N) is 2. The van der Waals surface area contributed by atoms with Crippen molar-refractivity contribution in [3.05, 3.63) is 24.1 Å². The zero-order valence-electron chi connectivity index (χ0n) is 11.5. The highest BCUT2D eigenvalue weighted by molar-refractivity contribution is 7.92. The Morgan fingerprint density at radius 3 is 2.68 bits per heavy atom. The summed E-state index contributed by atoms with van der Waals surface area (Å²) in [5.41, 5.74) is 0. The first kappa shape index (κ1) is 13.4. The number of anilines is 1. The summed E-state index contributed by atoms with van der Waals surface area (Å²) in [5, 5.41) is 3.64. The van der Waals surface area contributed by atoms with Crippen LogP contribution in [-0.4, -0.2) is 31.8 Å². The molecule has 22 heavy (non-hydrogen) atoms. The Hall–Kier alpha value is -2.29. The molecular formula is C13H13N3O5S. The van der Waals surface area contributed by atoms with Crippen molar-refractivity contribution >= 4 is 16.0 Å². The number of nitrogens with one attached hydrogen (secondary N) is 1. The maximum atomic E-state index is 12.4. The van der Waals surface area contributed by atoms with Crippen LogP contribution >= 0.6 is 0 Å². The summed E-state index contributed by atoms with van der Waals surface area (Å²) in [4.78, 5) is 4.10. The lowest BCUT2D eigenvalue weighted by atomic mass is 10.3. The van der Waals surface area contributed by atoms with Gasteiger partial charge in [-0.25, -0.2) is 13.1 Å². The van der Waals surface area contributed by atoms with Gasteiger partial charge in [0.15, 0.2) is 11.5 Å². The van der Waals surface area contributed by atoms with E-state index in [0.29, 0.717) is 30.6 Å². The summed E-state index contributed by atoms with van der Waals surface area (Å²) in [6.07, 6.45) is 1.99. The third kappa shape index (κ3) is 2.47. The molecule has 8 nitrogen and oxygen atoms in total. The van der Waals surface area contributed by atoms with Crippen LogP contribution in [0.15, 0.2) is 27.6 Å². The summed E-state index contributed by atoms with van der Waals surface area (Å²) >= 11 is 0. The number of benzene rings is 1. The summed E-state index contributed by atoms with van der Waals surface area (Å²) in [6.45, 7) is 0.837. The van der Waals surface area contributed by atoms with Gasteiger partial charge in [0.25, 0.3) is 16.0 Å². The smallest absolute Gasteiger partial charge is 0.277 e. The SMILES string of the molecule is O=S(=O)(Nc1noc(C2CC2)n1)c1ccc2c(c1)OCCO2. The number of rotatable bonds is 4. The molecule has 1 fully saturated rings. The Bertz CT molecular complexity index is 813. The molecule has 9 heteroatoms. The van der Waals surface area contributed by atoms with E-state index in [4.69, 9.17) is 14.0 Å². The summed E-state index contributed by atoms with van der Waals surface area (Å²) in [5.74, 6) is 1.61. The summed E-state index contributed by atoms with van der Waals surface area (Å²) in [6, 6.07) is 4.42. The Kier molecular flexibility index (Phi) is 2.96. The quantitative estimate of drug-likeness (QED) is 0.909. The molecule has 0 amide bonds. The van der Waals surface area contributed by atoms with Gasteiger partial charge >= 0.3 is 0 Å². The molecule has 1 saturated carbocycles. The van der Waals surface area contributed by atoms with Crippen molar-refractivity contribution in [1.82, 2.24) is 10.1 Å². The van der Waals surface area contributed by atoms with Crippen molar-refractivity contribution < 1.29 is 22.4 Å². The molecule has 0 spiro atoms. The monoisotopic (exact) mass is 323 g/mol. The fourth-order valence-corrected chi connectivity index (χ4v) is 3.09. The van der Waals surface area contributed by atoms with Crippen molar-refractivity contribution in [3.63, 3.8) is 0 Å². The molecule has 1 N–H and O–H groups in total. The molecule has 1 aromatic heterocycles. The van der Waals surface area contributed by atoms with Gasteiger partial charge in [-0.1, -0.05) is 0 Å². The van der Waals surface area contributed by atoms with E-state index >= 15 is 0 Å². The standard InChI is InChI=1S/C13H13N3O5S/c17-22(18,16-13-14-12(21-15-13)8-1-2-8)9-3-4-10-11(7-9)20-6-5-19-10/h3-4,7-8H,1-2,5-6H2,(H,15,16). The fraction of sp³-hybridized carbons (Fsp3) is 0.385. The van der Waals surface area contributed by atoms with E-state index in [1.54, 1.807) is 6.07 Å². The third-order valence-corrected chi connectivity index (χ3v) is 4.74. The van der Waals surface area contributed by atoms with Crippen molar-refractivity contribution in [2.75, 3.05) is 17.9 Å². The number of aromatic nitrogens is 2.